The van der Waals surface area contributed by atoms with Crippen molar-refractivity contribution < 1.29 is 5.21 Å². The minimum absolute atomic E-state index is 0.962. The molecular weight excluding hydrogens is 290 g/mol. The largest absolute Gasteiger partial charge is 0.411 e. The molecule has 0 unspecified atom stereocenters. The van der Waals surface area contributed by atoms with Crippen molar-refractivity contribution in [3.8, 4) is 0 Å². The highest BCUT2D eigenvalue weighted by molar-refractivity contribution is 9.10. The Labute approximate surface area is 97.9 Å². The summed E-state index contributed by atoms with van der Waals surface area (Å²) in [6.07, 6.45) is 5.50. The Bertz CT molecular complexity index is 324. The van der Waals surface area contributed by atoms with E-state index in [9.17, 15) is 0 Å². The second-order valence-electron chi connectivity index (χ2n) is 2.06. The van der Waals surface area contributed by atoms with E-state index in [1.807, 2.05) is 12.5 Å². The molecule has 0 atom stereocenters. The van der Waals surface area contributed by atoms with Gasteiger partial charge in [0.25, 0.3) is 0 Å². The van der Waals surface area contributed by atoms with E-state index in [2.05, 4.69) is 21.1 Å². The standard InChI is InChI=1S/C7H8BrNOS3/c1-11-6-4(3-9-10)5(8)7(12-2)13-6/h3,10H,1-2H3/b9-3+. The summed E-state index contributed by atoms with van der Waals surface area (Å²) in [5.41, 5.74) is 0.962. The van der Waals surface area contributed by atoms with Crippen molar-refractivity contribution in [3.63, 3.8) is 0 Å². The van der Waals surface area contributed by atoms with E-state index in [1.165, 1.54) is 10.4 Å². The normalized spacial score (nSPS) is 11.3. The van der Waals surface area contributed by atoms with Crippen LogP contribution in [0.4, 0.5) is 0 Å². The molecule has 0 fully saturated rings. The molecule has 0 aliphatic rings. The zero-order valence-electron chi connectivity index (χ0n) is 7.07. The van der Waals surface area contributed by atoms with Gasteiger partial charge in [0.05, 0.1) is 19.1 Å². The monoisotopic (exact) mass is 297 g/mol. The van der Waals surface area contributed by atoms with Crippen LogP contribution in [-0.2, 0) is 0 Å². The van der Waals surface area contributed by atoms with E-state index in [0.29, 0.717) is 0 Å². The minimum atomic E-state index is 0.962. The van der Waals surface area contributed by atoms with Gasteiger partial charge in [-0.2, -0.15) is 0 Å². The molecule has 0 spiro atoms. The molecule has 0 radical (unpaired) electrons. The van der Waals surface area contributed by atoms with E-state index >= 15 is 0 Å². The molecule has 1 aromatic heterocycles. The van der Waals surface area contributed by atoms with Crippen LogP contribution in [0.15, 0.2) is 18.0 Å². The third-order valence-electron chi connectivity index (χ3n) is 1.38. The molecule has 0 saturated carbocycles. The molecule has 6 heteroatoms. The Morgan fingerprint density at radius 1 is 1.38 bits per heavy atom. The smallest absolute Gasteiger partial charge is 0.0765 e. The number of hydrogen-bond acceptors (Lipinski definition) is 5. The van der Waals surface area contributed by atoms with Gasteiger partial charge in [-0.15, -0.1) is 34.9 Å². The molecule has 0 bridgehead atoms. The molecule has 2 nitrogen and oxygen atoms in total. The molecule has 0 aromatic carbocycles. The molecule has 1 N–H and O–H groups in total. The Morgan fingerprint density at radius 2 is 2.00 bits per heavy atom. The Morgan fingerprint density at radius 3 is 2.46 bits per heavy atom. The van der Waals surface area contributed by atoms with Crippen LogP contribution >= 0.6 is 50.8 Å². The molecular formula is C7H8BrNOS3. The Hall–Kier alpha value is 0.350. The van der Waals surface area contributed by atoms with Gasteiger partial charge in [0.1, 0.15) is 0 Å². The summed E-state index contributed by atoms with van der Waals surface area (Å²) in [6.45, 7) is 0. The van der Waals surface area contributed by atoms with Gasteiger partial charge in [0, 0.05) is 5.56 Å². The summed E-state index contributed by atoms with van der Waals surface area (Å²) in [6, 6.07) is 0. The first-order valence-corrected chi connectivity index (χ1v) is 7.38. The van der Waals surface area contributed by atoms with Crippen LogP contribution in [0.5, 0.6) is 0 Å². The highest BCUT2D eigenvalue weighted by atomic mass is 79.9. The van der Waals surface area contributed by atoms with Crippen LogP contribution in [0.1, 0.15) is 5.56 Å². The maximum atomic E-state index is 8.48. The predicted molar refractivity (Wildman–Crippen MR) is 65.0 cm³/mol. The first-order chi connectivity index (χ1) is 6.24. The number of hydrogen-bond donors (Lipinski definition) is 1. The molecule has 0 aliphatic heterocycles. The number of rotatable bonds is 3. The molecule has 72 valence electrons. The highest BCUT2D eigenvalue weighted by Gasteiger charge is 2.13. The van der Waals surface area contributed by atoms with Crippen LogP contribution in [0.25, 0.3) is 0 Å². The molecule has 0 saturated heterocycles. The van der Waals surface area contributed by atoms with Crippen molar-refractivity contribution in [2.45, 2.75) is 8.42 Å². The second-order valence-corrected chi connectivity index (χ2v) is 6.02. The maximum Gasteiger partial charge on any atom is 0.0765 e. The lowest BCUT2D eigenvalue weighted by molar-refractivity contribution is 0.322. The Balaban J connectivity index is 3.20. The number of nitrogens with zero attached hydrogens (tertiary/aromatic N) is 1. The maximum absolute atomic E-state index is 8.48. The summed E-state index contributed by atoms with van der Waals surface area (Å²) in [5, 5.41) is 11.5. The van der Waals surface area contributed by atoms with Crippen LogP contribution < -0.4 is 0 Å². The fourth-order valence-corrected chi connectivity index (χ4v) is 4.75. The van der Waals surface area contributed by atoms with Crippen LogP contribution in [0.2, 0.25) is 0 Å². The van der Waals surface area contributed by atoms with Crippen LogP contribution in [0.3, 0.4) is 0 Å². The zero-order chi connectivity index (χ0) is 9.84. The van der Waals surface area contributed by atoms with Crippen molar-refractivity contribution in [3.05, 3.63) is 10.0 Å². The second kappa shape index (κ2) is 5.29. The molecule has 0 amide bonds. The van der Waals surface area contributed by atoms with Gasteiger partial charge in [-0.1, -0.05) is 5.16 Å². The Kier molecular flexibility index (Phi) is 4.64. The summed E-state index contributed by atoms with van der Waals surface area (Å²) in [5.74, 6) is 0. The minimum Gasteiger partial charge on any atom is -0.411 e. The van der Waals surface area contributed by atoms with Gasteiger partial charge < -0.3 is 5.21 Å². The summed E-state index contributed by atoms with van der Waals surface area (Å²) >= 11 is 8.53. The lowest BCUT2D eigenvalue weighted by Crippen LogP contribution is -1.80. The molecule has 1 aromatic rings. The SMILES string of the molecule is CSc1sc(SC)c(/C=N/O)c1Br. The fraction of sp³-hybridized carbons (Fsp3) is 0.286. The third-order valence-corrected chi connectivity index (χ3v) is 6.19. The summed E-state index contributed by atoms with van der Waals surface area (Å²) < 4.78 is 3.39. The number of thioether (sulfide) groups is 2. The van der Waals surface area contributed by atoms with Crippen LogP contribution in [0, 0.1) is 0 Å². The first kappa shape index (κ1) is 11.4. The number of oxime groups is 1. The van der Waals surface area contributed by atoms with Crippen molar-refractivity contribution in [2.24, 2.45) is 5.16 Å². The van der Waals surface area contributed by atoms with Gasteiger partial charge in [-0.05, 0) is 28.4 Å². The molecule has 1 rings (SSSR count). The van der Waals surface area contributed by atoms with E-state index in [0.717, 1.165) is 14.2 Å². The van der Waals surface area contributed by atoms with Crippen molar-refractivity contribution >= 4 is 57.0 Å². The van der Waals surface area contributed by atoms with E-state index in [1.54, 1.807) is 34.9 Å². The van der Waals surface area contributed by atoms with Crippen molar-refractivity contribution in [2.75, 3.05) is 12.5 Å². The summed E-state index contributed by atoms with van der Waals surface area (Å²) in [4.78, 5) is 0. The predicted octanol–water partition coefficient (Wildman–Crippen LogP) is 3.76. The van der Waals surface area contributed by atoms with Gasteiger partial charge in [0.15, 0.2) is 0 Å². The first-order valence-electron chi connectivity index (χ1n) is 3.32. The highest BCUT2D eigenvalue weighted by Crippen LogP contribution is 2.42. The van der Waals surface area contributed by atoms with E-state index in [-0.39, 0.29) is 0 Å². The van der Waals surface area contributed by atoms with E-state index < -0.39 is 0 Å². The summed E-state index contributed by atoms with van der Waals surface area (Å²) in [7, 11) is 0. The van der Waals surface area contributed by atoms with Gasteiger partial charge in [-0.25, -0.2) is 0 Å². The zero-order valence-corrected chi connectivity index (χ0v) is 11.1. The fourth-order valence-electron chi connectivity index (χ4n) is 0.834. The van der Waals surface area contributed by atoms with Crippen LogP contribution in [-0.4, -0.2) is 23.9 Å². The van der Waals surface area contributed by atoms with Gasteiger partial charge >= 0.3 is 0 Å². The third kappa shape index (κ3) is 2.43. The lowest BCUT2D eigenvalue weighted by Gasteiger charge is -1.92. The molecule has 0 aliphatic carbocycles. The average molecular weight is 298 g/mol. The van der Waals surface area contributed by atoms with Gasteiger partial charge in [-0.3, -0.25) is 0 Å². The topological polar surface area (TPSA) is 32.6 Å². The quantitative estimate of drug-likeness (QED) is 0.399. The molecule has 13 heavy (non-hydrogen) atoms. The molecule has 1 heterocycles. The number of thiophene rings is 1. The van der Waals surface area contributed by atoms with E-state index in [4.69, 9.17) is 5.21 Å². The van der Waals surface area contributed by atoms with Gasteiger partial charge in [0.2, 0.25) is 0 Å². The van der Waals surface area contributed by atoms with Crippen molar-refractivity contribution in [1.29, 1.82) is 0 Å². The number of halogens is 1. The van der Waals surface area contributed by atoms with Crippen molar-refractivity contribution in [1.82, 2.24) is 0 Å². The average Bonchev–Trinajstić information content (AvgIpc) is 2.45. The lowest BCUT2D eigenvalue weighted by atomic mass is 10.4.